The summed E-state index contributed by atoms with van der Waals surface area (Å²) in [6, 6.07) is 10.6. The van der Waals surface area contributed by atoms with E-state index in [0.29, 0.717) is 24.6 Å². The van der Waals surface area contributed by atoms with Crippen LogP contribution in [0.2, 0.25) is 0 Å². The van der Waals surface area contributed by atoms with Crippen molar-refractivity contribution in [2.45, 2.75) is 19.6 Å². The Morgan fingerprint density at radius 3 is 2.38 bits per heavy atom. The van der Waals surface area contributed by atoms with Gasteiger partial charge in [-0.1, -0.05) is 6.07 Å². The molecule has 8 heteroatoms. The molecule has 0 unspecified atom stereocenters. The van der Waals surface area contributed by atoms with Gasteiger partial charge in [0.1, 0.15) is 11.5 Å². The molecule has 0 fully saturated rings. The van der Waals surface area contributed by atoms with E-state index < -0.39 is 6.03 Å². The van der Waals surface area contributed by atoms with Gasteiger partial charge in [0.2, 0.25) is 5.91 Å². The SMILES string of the molecule is O=C(NCC(=O)N(Cc1ccco1)Cc1cccs1)NCc1ccco1. The molecule has 2 N–H and O–H groups in total. The van der Waals surface area contributed by atoms with E-state index in [2.05, 4.69) is 10.6 Å². The summed E-state index contributed by atoms with van der Waals surface area (Å²) in [5.41, 5.74) is 0. The summed E-state index contributed by atoms with van der Waals surface area (Å²) in [6.07, 6.45) is 3.11. The quantitative estimate of drug-likeness (QED) is 0.635. The number of nitrogens with zero attached hydrogens (tertiary/aromatic N) is 1. The summed E-state index contributed by atoms with van der Waals surface area (Å²) in [5.74, 6) is 1.14. The molecule has 3 rings (SSSR count). The van der Waals surface area contributed by atoms with Crippen molar-refractivity contribution in [1.82, 2.24) is 15.5 Å². The topological polar surface area (TPSA) is 87.7 Å². The Balaban J connectivity index is 1.51. The predicted molar refractivity (Wildman–Crippen MR) is 96.2 cm³/mol. The number of carbonyl (C=O) groups excluding carboxylic acids is 2. The smallest absolute Gasteiger partial charge is 0.315 e. The highest BCUT2D eigenvalue weighted by Gasteiger charge is 2.17. The average molecular weight is 373 g/mol. The molecule has 0 aromatic carbocycles. The van der Waals surface area contributed by atoms with Crippen LogP contribution in [0.1, 0.15) is 16.4 Å². The van der Waals surface area contributed by atoms with Crippen molar-refractivity contribution in [2.75, 3.05) is 6.54 Å². The van der Waals surface area contributed by atoms with E-state index in [1.807, 2.05) is 23.6 Å². The fourth-order valence-corrected chi connectivity index (χ4v) is 3.04. The van der Waals surface area contributed by atoms with E-state index in [-0.39, 0.29) is 19.0 Å². The van der Waals surface area contributed by atoms with Crippen molar-refractivity contribution in [3.05, 3.63) is 70.7 Å². The normalized spacial score (nSPS) is 10.5. The fraction of sp³-hybridized carbons (Fsp3) is 0.222. The van der Waals surface area contributed by atoms with Gasteiger partial charge in [0.15, 0.2) is 0 Å². The minimum absolute atomic E-state index is 0.101. The second kappa shape index (κ2) is 8.91. The van der Waals surface area contributed by atoms with Crippen LogP contribution in [0.4, 0.5) is 4.79 Å². The molecule has 0 aliphatic carbocycles. The van der Waals surface area contributed by atoms with Crippen molar-refractivity contribution in [3.63, 3.8) is 0 Å². The number of thiophene rings is 1. The first-order valence-electron chi connectivity index (χ1n) is 8.07. The van der Waals surface area contributed by atoms with Gasteiger partial charge in [0.05, 0.1) is 38.7 Å². The number of nitrogens with one attached hydrogen (secondary N) is 2. The van der Waals surface area contributed by atoms with E-state index in [4.69, 9.17) is 8.83 Å². The van der Waals surface area contributed by atoms with Crippen LogP contribution in [0.5, 0.6) is 0 Å². The fourth-order valence-electron chi connectivity index (χ4n) is 2.32. The van der Waals surface area contributed by atoms with Crippen molar-refractivity contribution in [1.29, 1.82) is 0 Å². The second-order valence-electron chi connectivity index (χ2n) is 5.52. The van der Waals surface area contributed by atoms with Crippen LogP contribution < -0.4 is 10.6 Å². The first-order valence-corrected chi connectivity index (χ1v) is 8.95. The number of amides is 3. The average Bonchev–Trinajstić information content (AvgIpc) is 3.40. The third kappa shape index (κ3) is 5.25. The first kappa shape index (κ1) is 17.8. The molecule has 0 saturated carbocycles. The summed E-state index contributed by atoms with van der Waals surface area (Å²) in [7, 11) is 0. The maximum absolute atomic E-state index is 12.6. The van der Waals surface area contributed by atoms with Gasteiger partial charge in [-0.3, -0.25) is 4.79 Å². The van der Waals surface area contributed by atoms with E-state index in [1.54, 1.807) is 40.7 Å². The number of carbonyl (C=O) groups is 2. The Labute approximate surface area is 154 Å². The Bertz CT molecular complexity index is 762. The molecule has 3 heterocycles. The van der Waals surface area contributed by atoms with Crippen LogP contribution in [-0.4, -0.2) is 23.4 Å². The van der Waals surface area contributed by atoms with Gasteiger partial charge in [0.25, 0.3) is 0 Å². The lowest BCUT2D eigenvalue weighted by Gasteiger charge is -2.21. The minimum atomic E-state index is -0.427. The van der Waals surface area contributed by atoms with E-state index in [1.165, 1.54) is 6.26 Å². The zero-order chi connectivity index (χ0) is 18.2. The third-order valence-electron chi connectivity index (χ3n) is 3.61. The highest BCUT2D eigenvalue weighted by atomic mass is 32.1. The van der Waals surface area contributed by atoms with E-state index in [0.717, 1.165) is 4.88 Å². The van der Waals surface area contributed by atoms with Crippen LogP contribution in [0, 0.1) is 0 Å². The van der Waals surface area contributed by atoms with Crippen LogP contribution in [-0.2, 0) is 24.4 Å². The lowest BCUT2D eigenvalue weighted by Crippen LogP contribution is -2.43. The van der Waals surface area contributed by atoms with Crippen LogP contribution in [0.3, 0.4) is 0 Å². The Kier molecular flexibility index (Phi) is 6.10. The minimum Gasteiger partial charge on any atom is -0.467 e. The number of hydrogen-bond acceptors (Lipinski definition) is 5. The molecule has 0 spiro atoms. The second-order valence-corrected chi connectivity index (χ2v) is 6.56. The highest BCUT2D eigenvalue weighted by molar-refractivity contribution is 7.09. The first-order chi connectivity index (χ1) is 12.7. The van der Waals surface area contributed by atoms with Crippen molar-refractivity contribution in [3.8, 4) is 0 Å². The van der Waals surface area contributed by atoms with Gasteiger partial charge in [-0.25, -0.2) is 4.79 Å². The zero-order valence-corrected chi connectivity index (χ0v) is 14.8. The molecule has 3 aromatic rings. The zero-order valence-electron chi connectivity index (χ0n) is 14.0. The van der Waals surface area contributed by atoms with Gasteiger partial charge in [-0.2, -0.15) is 0 Å². The molecule has 0 radical (unpaired) electrons. The van der Waals surface area contributed by atoms with Crippen LogP contribution in [0.25, 0.3) is 0 Å². The molecule has 0 aliphatic rings. The van der Waals surface area contributed by atoms with Gasteiger partial charge in [0, 0.05) is 4.88 Å². The predicted octanol–water partition coefficient (Wildman–Crippen LogP) is 2.96. The number of rotatable bonds is 8. The van der Waals surface area contributed by atoms with Crippen molar-refractivity contribution < 1.29 is 18.4 Å². The molecule has 0 atom stereocenters. The maximum atomic E-state index is 12.6. The molecule has 0 bridgehead atoms. The molecule has 136 valence electrons. The lowest BCUT2D eigenvalue weighted by atomic mass is 10.3. The van der Waals surface area contributed by atoms with E-state index in [9.17, 15) is 9.59 Å². The monoisotopic (exact) mass is 373 g/mol. The number of hydrogen-bond donors (Lipinski definition) is 2. The van der Waals surface area contributed by atoms with E-state index >= 15 is 0 Å². The summed E-state index contributed by atoms with van der Waals surface area (Å²) in [6.45, 7) is 0.973. The van der Waals surface area contributed by atoms with Gasteiger partial charge >= 0.3 is 6.03 Å². The Morgan fingerprint density at radius 1 is 0.962 bits per heavy atom. The van der Waals surface area contributed by atoms with Gasteiger partial charge < -0.3 is 24.4 Å². The third-order valence-corrected chi connectivity index (χ3v) is 4.47. The Hall–Kier alpha value is -3.00. The standard InChI is InChI=1S/C18H19N3O4S/c22-17(11-20-18(23)19-10-14-4-1-7-24-14)21(12-15-5-2-8-25-15)13-16-6-3-9-26-16/h1-9H,10-13H2,(H2,19,20,23). The van der Waals surface area contributed by atoms with Crippen LogP contribution >= 0.6 is 11.3 Å². The van der Waals surface area contributed by atoms with Crippen LogP contribution in [0.15, 0.2) is 63.1 Å². The maximum Gasteiger partial charge on any atom is 0.315 e. The Morgan fingerprint density at radius 2 is 1.73 bits per heavy atom. The number of furan rings is 2. The molecular formula is C18H19N3O4S. The summed E-state index contributed by atoms with van der Waals surface area (Å²) in [5, 5.41) is 7.18. The lowest BCUT2D eigenvalue weighted by molar-refractivity contribution is -0.131. The van der Waals surface area contributed by atoms with Crippen molar-refractivity contribution in [2.24, 2.45) is 0 Å². The molecule has 26 heavy (non-hydrogen) atoms. The highest BCUT2D eigenvalue weighted by Crippen LogP contribution is 2.15. The molecule has 3 amide bonds. The van der Waals surface area contributed by atoms with Gasteiger partial charge in [-0.05, 0) is 35.7 Å². The molecule has 0 saturated heterocycles. The summed E-state index contributed by atoms with van der Waals surface area (Å²) >= 11 is 1.58. The summed E-state index contributed by atoms with van der Waals surface area (Å²) in [4.78, 5) is 27.1. The largest absolute Gasteiger partial charge is 0.467 e. The molecule has 7 nitrogen and oxygen atoms in total. The van der Waals surface area contributed by atoms with Crippen molar-refractivity contribution >= 4 is 23.3 Å². The number of urea groups is 1. The molecular weight excluding hydrogens is 354 g/mol. The van der Waals surface area contributed by atoms with Gasteiger partial charge in [-0.15, -0.1) is 11.3 Å². The molecule has 3 aromatic heterocycles. The summed E-state index contributed by atoms with van der Waals surface area (Å²) < 4.78 is 10.5. The molecule has 0 aliphatic heterocycles.